The lowest BCUT2D eigenvalue weighted by Crippen LogP contribution is -1.74. The summed E-state index contributed by atoms with van der Waals surface area (Å²) in [6, 6.07) is 0. The van der Waals surface area contributed by atoms with Crippen molar-refractivity contribution in [2.24, 2.45) is 0 Å². The lowest BCUT2D eigenvalue weighted by Gasteiger charge is -1.92. The maximum atomic E-state index is 3.97. The summed E-state index contributed by atoms with van der Waals surface area (Å²) in [6.07, 6.45) is 3.54. The summed E-state index contributed by atoms with van der Waals surface area (Å²) in [5, 5.41) is 4.26. The van der Waals surface area contributed by atoms with Gasteiger partial charge in [-0.3, -0.25) is 0 Å². The number of aromatic nitrogens is 2. The summed E-state index contributed by atoms with van der Waals surface area (Å²) >= 11 is 1.72. The van der Waals surface area contributed by atoms with Crippen molar-refractivity contribution in [3.05, 3.63) is 28.8 Å². The summed E-state index contributed by atoms with van der Waals surface area (Å²) in [5.74, 6) is 0. The minimum Gasteiger partial charge on any atom is -0.345 e. The quantitative estimate of drug-likeness (QED) is 0.689. The van der Waals surface area contributed by atoms with Crippen LogP contribution in [0.5, 0.6) is 0 Å². The maximum absolute atomic E-state index is 3.97. The highest BCUT2D eigenvalue weighted by Crippen LogP contribution is 2.23. The van der Waals surface area contributed by atoms with E-state index < -0.39 is 0 Å². The summed E-state index contributed by atoms with van der Waals surface area (Å²) in [4.78, 5) is 7.04. The molecule has 11 heavy (non-hydrogen) atoms. The number of rotatable bonds is 1. The molecule has 0 fully saturated rings. The van der Waals surface area contributed by atoms with Gasteiger partial charge in [-0.05, 0) is 17.9 Å². The van der Waals surface area contributed by atoms with E-state index in [1.807, 2.05) is 6.20 Å². The molecule has 0 saturated heterocycles. The van der Waals surface area contributed by atoms with Gasteiger partial charge in [0.15, 0.2) is 0 Å². The predicted molar refractivity (Wildman–Crippen MR) is 46.6 cm³/mol. The van der Waals surface area contributed by atoms with Crippen molar-refractivity contribution in [2.45, 2.75) is 6.92 Å². The fourth-order valence-corrected chi connectivity index (χ4v) is 1.89. The number of nitrogens with zero attached hydrogens (tertiary/aromatic N) is 1. The zero-order chi connectivity index (χ0) is 7.68. The van der Waals surface area contributed by atoms with Crippen LogP contribution in [0.4, 0.5) is 0 Å². The van der Waals surface area contributed by atoms with Crippen molar-refractivity contribution in [3.8, 4) is 11.3 Å². The number of thiophene rings is 1. The van der Waals surface area contributed by atoms with Crippen LogP contribution in [0.2, 0.25) is 0 Å². The second-order valence-corrected chi connectivity index (χ2v) is 3.18. The van der Waals surface area contributed by atoms with Crippen LogP contribution in [-0.2, 0) is 0 Å². The highest BCUT2D eigenvalue weighted by molar-refractivity contribution is 7.08. The highest BCUT2D eigenvalue weighted by atomic mass is 32.1. The van der Waals surface area contributed by atoms with Gasteiger partial charge in [-0.15, -0.1) is 0 Å². The molecular formula is C8H8N2S. The lowest BCUT2D eigenvalue weighted by atomic mass is 10.2. The smallest absolute Gasteiger partial charge is 0.0924 e. The van der Waals surface area contributed by atoms with Crippen LogP contribution in [0.25, 0.3) is 11.3 Å². The van der Waals surface area contributed by atoms with Gasteiger partial charge in [0, 0.05) is 10.9 Å². The van der Waals surface area contributed by atoms with Crippen molar-refractivity contribution in [3.63, 3.8) is 0 Å². The summed E-state index contributed by atoms with van der Waals surface area (Å²) in [7, 11) is 0. The van der Waals surface area contributed by atoms with Gasteiger partial charge in [-0.2, -0.15) is 11.3 Å². The molecule has 2 heterocycles. The molecule has 0 aromatic carbocycles. The number of aryl methyl sites for hydroxylation is 1. The Morgan fingerprint density at radius 3 is 2.91 bits per heavy atom. The molecule has 2 nitrogen and oxygen atoms in total. The summed E-state index contributed by atoms with van der Waals surface area (Å²) in [6.45, 7) is 2.10. The molecule has 2 aromatic heterocycles. The molecule has 0 aliphatic carbocycles. The molecule has 0 spiro atoms. The standard InChI is InChI=1S/C8H8N2S/c1-6-3-11-4-7(6)8-2-9-5-10-8/h2-5H,1H3,(H,9,10). The molecule has 0 saturated carbocycles. The van der Waals surface area contributed by atoms with Crippen molar-refractivity contribution < 1.29 is 0 Å². The maximum Gasteiger partial charge on any atom is 0.0924 e. The van der Waals surface area contributed by atoms with E-state index in [2.05, 4.69) is 27.7 Å². The molecule has 56 valence electrons. The van der Waals surface area contributed by atoms with Gasteiger partial charge in [0.05, 0.1) is 18.2 Å². The third kappa shape index (κ3) is 1.07. The average Bonchev–Trinajstić information content (AvgIpc) is 2.55. The third-order valence-corrected chi connectivity index (χ3v) is 2.51. The molecule has 0 unspecified atom stereocenters. The number of hydrogen-bond donors (Lipinski definition) is 1. The Morgan fingerprint density at radius 1 is 1.45 bits per heavy atom. The van der Waals surface area contributed by atoms with Crippen molar-refractivity contribution in [1.29, 1.82) is 0 Å². The van der Waals surface area contributed by atoms with E-state index in [9.17, 15) is 0 Å². The van der Waals surface area contributed by atoms with E-state index in [0.717, 1.165) is 5.69 Å². The van der Waals surface area contributed by atoms with Gasteiger partial charge in [0.1, 0.15) is 0 Å². The number of aromatic amines is 1. The van der Waals surface area contributed by atoms with E-state index in [1.165, 1.54) is 11.1 Å². The van der Waals surface area contributed by atoms with Crippen LogP contribution < -0.4 is 0 Å². The van der Waals surface area contributed by atoms with Crippen molar-refractivity contribution >= 4 is 11.3 Å². The topological polar surface area (TPSA) is 28.7 Å². The molecule has 2 aromatic rings. The third-order valence-electron chi connectivity index (χ3n) is 1.64. The highest BCUT2D eigenvalue weighted by Gasteiger charge is 2.01. The van der Waals surface area contributed by atoms with E-state index >= 15 is 0 Å². The Morgan fingerprint density at radius 2 is 2.36 bits per heavy atom. The van der Waals surface area contributed by atoms with Crippen LogP contribution in [0.1, 0.15) is 5.56 Å². The zero-order valence-electron chi connectivity index (χ0n) is 6.16. The van der Waals surface area contributed by atoms with Gasteiger partial charge in [0.2, 0.25) is 0 Å². The first kappa shape index (κ1) is 6.61. The molecule has 1 N–H and O–H groups in total. The minimum atomic E-state index is 1.10. The minimum absolute atomic E-state index is 1.10. The molecule has 2 rings (SSSR count). The van der Waals surface area contributed by atoms with Crippen LogP contribution >= 0.6 is 11.3 Å². The van der Waals surface area contributed by atoms with Gasteiger partial charge < -0.3 is 4.98 Å². The molecule has 0 amide bonds. The number of H-pyrrole nitrogens is 1. The van der Waals surface area contributed by atoms with E-state index in [4.69, 9.17) is 0 Å². The zero-order valence-corrected chi connectivity index (χ0v) is 6.98. The average molecular weight is 164 g/mol. The molecule has 3 heteroatoms. The molecular weight excluding hydrogens is 156 g/mol. The van der Waals surface area contributed by atoms with Crippen LogP contribution in [0.3, 0.4) is 0 Å². The van der Waals surface area contributed by atoms with E-state index in [1.54, 1.807) is 17.7 Å². The first-order valence-corrected chi connectivity index (χ1v) is 4.34. The van der Waals surface area contributed by atoms with Crippen LogP contribution in [-0.4, -0.2) is 9.97 Å². The monoisotopic (exact) mass is 164 g/mol. The summed E-state index contributed by atoms with van der Waals surface area (Å²) < 4.78 is 0. The predicted octanol–water partition coefficient (Wildman–Crippen LogP) is 2.45. The molecule has 0 aliphatic heterocycles. The van der Waals surface area contributed by atoms with Crippen LogP contribution in [0.15, 0.2) is 23.3 Å². The van der Waals surface area contributed by atoms with Crippen LogP contribution in [0, 0.1) is 6.92 Å². The molecule has 0 atom stereocenters. The Bertz CT molecular complexity index is 335. The lowest BCUT2D eigenvalue weighted by molar-refractivity contribution is 1.31. The Hall–Kier alpha value is -1.09. The van der Waals surface area contributed by atoms with E-state index in [0.29, 0.717) is 0 Å². The second-order valence-electron chi connectivity index (χ2n) is 2.43. The number of nitrogens with one attached hydrogen (secondary N) is 1. The number of imidazole rings is 1. The molecule has 0 bridgehead atoms. The number of hydrogen-bond acceptors (Lipinski definition) is 2. The second kappa shape index (κ2) is 2.51. The van der Waals surface area contributed by atoms with Crippen molar-refractivity contribution in [2.75, 3.05) is 0 Å². The fourth-order valence-electron chi connectivity index (χ4n) is 1.04. The van der Waals surface area contributed by atoms with Crippen molar-refractivity contribution in [1.82, 2.24) is 9.97 Å². The van der Waals surface area contributed by atoms with Gasteiger partial charge >= 0.3 is 0 Å². The fraction of sp³-hybridized carbons (Fsp3) is 0.125. The van der Waals surface area contributed by atoms with Gasteiger partial charge in [-0.1, -0.05) is 0 Å². The SMILES string of the molecule is Cc1cscc1-c1cnc[nH]1. The van der Waals surface area contributed by atoms with Gasteiger partial charge in [-0.25, -0.2) is 4.98 Å². The normalized spacial score (nSPS) is 10.3. The first-order valence-electron chi connectivity index (χ1n) is 3.39. The Kier molecular flexibility index (Phi) is 1.51. The van der Waals surface area contributed by atoms with Gasteiger partial charge in [0.25, 0.3) is 0 Å². The summed E-state index contributed by atoms with van der Waals surface area (Å²) in [5.41, 5.74) is 3.66. The van der Waals surface area contributed by atoms with E-state index in [-0.39, 0.29) is 0 Å². The molecule has 0 radical (unpaired) electrons. The Labute approximate surface area is 68.9 Å². The molecule has 0 aliphatic rings. The first-order chi connectivity index (χ1) is 5.38. The Balaban J connectivity index is 2.53. The largest absolute Gasteiger partial charge is 0.345 e.